The molecule has 1 unspecified atom stereocenters. The molecule has 0 radical (unpaired) electrons. The van der Waals surface area contributed by atoms with Gasteiger partial charge in [-0.1, -0.05) is 0 Å². The third kappa shape index (κ3) is 2.55. The van der Waals surface area contributed by atoms with Gasteiger partial charge in [0.25, 0.3) is 0 Å². The van der Waals surface area contributed by atoms with Gasteiger partial charge < -0.3 is 10.8 Å². The van der Waals surface area contributed by atoms with Crippen LogP contribution in [0.1, 0.15) is 12.0 Å². The van der Waals surface area contributed by atoms with Crippen LogP contribution in [0.25, 0.3) is 0 Å². The van der Waals surface area contributed by atoms with Gasteiger partial charge in [0.1, 0.15) is 11.6 Å². The van der Waals surface area contributed by atoms with Gasteiger partial charge in [0.05, 0.1) is 0 Å². The molecule has 96 valence electrons. The fourth-order valence-electron chi connectivity index (χ4n) is 1.45. The monoisotopic (exact) mass is 255 g/mol. The molecule has 1 aromatic rings. The predicted octanol–water partition coefficient (Wildman–Crippen LogP) is 2.06. The molecule has 3 N–H and O–H groups in total. The lowest BCUT2D eigenvalue weighted by molar-refractivity contribution is -0.269. The summed E-state index contributed by atoms with van der Waals surface area (Å²) in [6.45, 7) is -0.522. The van der Waals surface area contributed by atoms with E-state index in [1.807, 2.05) is 0 Å². The molecule has 0 saturated carbocycles. The molecule has 0 heterocycles. The van der Waals surface area contributed by atoms with Crippen LogP contribution in [0, 0.1) is 11.6 Å². The number of benzene rings is 1. The summed E-state index contributed by atoms with van der Waals surface area (Å²) in [5, 5.41) is 9.51. The lowest BCUT2D eigenvalue weighted by atomic mass is 9.89. The summed E-state index contributed by atoms with van der Waals surface area (Å²) in [5.74, 6) is -2.40. The Hall–Kier alpha value is -1.21. The Kier molecular flexibility index (Phi) is 3.73. The maximum Gasteiger partial charge on any atom is 0.421 e. The third-order valence-electron chi connectivity index (χ3n) is 2.35. The molecule has 0 spiro atoms. The standard InChI is InChI=1S/C10H10F5NO/c11-6-1-2-8(12)7(5-6)9(17,3-4-16)10(13,14)15/h1-2,5,17H,3-4,16H2. The van der Waals surface area contributed by atoms with E-state index in [9.17, 15) is 27.1 Å². The molecular weight excluding hydrogens is 245 g/mol. The van der Waals surface area contributed by atoms with Crippen molar-refractivity contribution in [3.63, 3.8) is 0 Å². The van der Waals surface area contributed by atoms with Crippen molar-refractivity contribution in [2.75, 3.05) is 6.54 Å². The van der Waals surface area contributed by atoms with E-state index in [1.165, 1.54) is 0 Å². The van der Waals surface area contributed by atoms with Crippen molar-refractivity contribution in [3.05, 3.63) is 35.4 Å². The summed E-state index contributed by atoms with van der Waals surface area (Å²) in [7, 11) is 0. The van der Waals surface area contributed by atoms with E-state index in [0.29, 0.717) is 18.2 Å². The van der Waals surface area contributed by atoms with Gasteiger partial charge in [-0.05, 0) is 24.7 Å². The number of hydrogen-bond acceptors (Lipinski definition) is 2. The SMILES string of the molecule is NCCC(O)(c1cc(F)ccc1F)C(F)(F)F. The molecule has 0 fully saturated rings. The largest absolute Gasteiger partial charge is 0.421 e. The van der Waals surface area contributed by atoms with Gasteiger partial charge in [0, 0.05) is 12.0 Å². The highest BCUT2D eigenvalue weighted by atomic mass is 19.4. The zero-order chi connectivity index (χ0) is 13.3. The second-order valence-electron chi connectivity index (χ2n) is 3.52. The second kappa shape index (κ2) is 4.58. The Labute approximate surface area is 93.9 Å². The summed E-state index contributed by atoms with van der Waals surface area (Å²) in [4.78, 5) is 0. The van der Waals surface area contributed by atoms with Crippen molar-refractivity contribution >= 4 is 0 Å². The molecule has 2 nitrogen and oxygen atoms in total. The lowest BCUT2D eigenvalue weighted by Crippen LogP contribution is -2.44. The molecule has 1 rings (SSSR count). The summed E-state index contributed by atoms with van der Waals surface area (Å²) in [6.07, 6.45) is -6.09. The van der Waals surface area contributed by atoms with Crippen LogP contribution >= 0.6 is 0 Å². The number of halogens is 5. The first kappa shape index (κ1) is 13.9. The minimum Gasteiger partial charge on any atom is -0.376 e. The fraction of sp³-hybridized carbons (Fsp3) is 0.400. The van der Waals surface area contributed by atoms with Gasteiger partial charge in [-0.15, -0.1) is 0 Å². The van der Waals surface area contributed by atoms with Crippen molar-refractivity contribution in [1.82, 2.24) is 0 Å². The first-order valence-electron chi connectivity index (χ1n) is 4.67. The normalized spacial score (nSPS) is 15.7. The highest BCUT2D eigenvalue weighted by molar-refractivity contribution is 5.27. The lowest BCUT2D eigenvalue weighted by Gasteiger charge is -2.30. The molecule has 17 heavy (non-hydrogen) atoms. The van der Waals surface area contributed by atoms with Crippen LogP contribution in [-0.2, 0) is 5.60 Å². The van der Waals surface area contributed by atoms with E-state index >= 15 is 0 Å². The third-order valence-corrected chi connectivity index (χ3v) is 2.35. The van der Waals surface area contributed by atoms with Crippen LogP contribution in [0.5, 0.6) is 0 Å². The maximum absolute atomic E-state index is 13.3. The van der Waals surface area contributed by atoms with Crippen molar-refractivity contribution in [3.8, 4) is 0 Å². The molecular formula is C10H10F5NO. The average molecular weight is 255 g/mol. The highest BCUT2D eigenvalue weighted by Gasteiger charge is 2.55. The number of hydrogen-bond donors (Lipinski definition) is 2. The number of aliphatic hydroxyl groups is 1. The maximum atomic E-state index is 13.3. The van der Waals surface area contributed by atoms with E-state index in [4.69, 9.17) is 5.73 Å². The minimum absolute atomic E-state index is 0.318. The number of nitrogens with two attached hydrogens (primary N) is 1. The Morgan fingerprint density at radius 3 is 2.24 bits per heavy atom. The van der Waals surface area contributed by atoms with Crippen LogP contribution in [0.4, 0.5) is 22.0 Å². The topological polar surface area (TPSA) is 46.2 Å². The van der Waals surface area contributed by atoms with Gasteiger partial charge in [-0.2, -0.15) is 13.2 Å². The molecule has 0 aromatic heterocycles. The quantitative estimate of drug-likeness (QED) is 0.812. The Morgan fingerprint density at radius 1 is 1.18 bits per heavy atom. The molecule has 0 bridgehead atoms. The number of alkyl halides is 3. The van der Waals surface area contributed by atoms with Crippen molar-refractivity contribution < 1.29 is 27.1 Å². The highest BCUT2D eigenvalue weighted by Crippen LogP contribution is 2.42. The summed E-state index contributed by atoms with van der Waals surface area (Å²) < 4.78 is 64.2. The van der Waals surface area contributed by atoms with Gasteiger partial charge in [0.15, 0.2) is 5.60 Å². The van der Waals surface area contributed by atoms with E-state index in [-0.39, 0.29) is 0 Å². The number of rotatable bonds is 3. The van der Waals surface area contributed by atoms with Crippen LogP contribution < -0.4 is 5.73 Å². The van der Waals surface area contributed by atoms with Crippen LogP contribution in [0.15, 0.2) is 18.2 Å². The Balaban J connectivity index is 3.37. The van der Waals surface area contributed by atoms with Gasteiger partial charge in [-0.25, -0.2) is 8.78 Å². The molecule has 1 atom stereocenters. The smallest absolute Gasteiger partial charge is 0.376 e. The van der Waals surface area contributed by atoms with Gasteiger partial charge >= 0.3 is 6.18 Å². The second-order valence-corrected chi connectivity index (χ2v) is 3.52. The van der Waals surface area contributed by atoms with Crippen molar-refractivity contribution in [2.24, 2.45) is 5.73 Å². The fourth-order valence-corrected chi connectivity index (χ4v) is 1.45. The van der Waals surface area contributed by atoms with Crippen LogP contribution in [-0.4, -0.2) is 17.8 Å². The zero-order valence-corrected chi connectivity index (χ0v) is 8.56. The summed E-state index contributed by atoms with van der Waals surface area (Å²) in [5.41, 5.74) is 0.325. The van der Waals surface area contributed by atoms with E-state index < -0.39 is 41.9 Å². The van der Waals surface area contributed by atoms with Crippen molar-refractivity contribution in [2.45, 2.75) is 18.2 Å². The summed E-state index contributed by atoms with van der Waals surface area (Å²) in [6, 6.07) is 1.51. The van der Waals surface area contributed by atoms with Crippen LogP contribution in [0.3, 0.4) is 0 Å². The first-order valence-corrected chi connectivity index (χ1v) is 4.67. The minimum atomic E-state index is -5.14. The van der Waals surface area contributed by atoms with Crippen LogP contribution in [0.2, 0.25) is 0 Å². The van der Waals surface area contributed by atoms with E-state index in [1.54, 1.807) is 0 Å². The average Bonchev–Trinajstić information content (AvgIpc) is 2.20. The molecule has 0 amide bonds. The van der Waals surface area contributed by atoms with E-state index in [2.05, 4.69) is 0 Å². The molecule has 7 heteroatoms. The van der Waals surface area contributed by atoms with Crippen molar-refractivity contribution in [1.29, 1.82) is 0 Å². The molecule has 0 aliphatic carbocycles. The predicted molar refractivity (Wildman–Crippen MR) is 50.0 cm³/mol. The van der Waals surface area contributed by atoms with Gasteiger partial charge in [-0.3, -0.25) is 0 Å². The summed E-state index contributed by atoms with van der Waals surface area (Å²) >= 11 is 0. The zero-order valence-electron chi connectivity index (χ0n) is 8.56. The Bertz CT molecular complexity index is 406. The molecule has 0 aliphatic rings. The Morgan fingerprint density at radius 2 is 1.76 bits per heavy atom. The van der Waals surface area contributed by atoms with Gasteiger partial charge in [0.2, 0.25) is 0 Å². The van der Waals surface area contributed by atoms with E-state index in [0.717, 1.165) is 0 Å². The molecule has 0 aliphatic heterocycles. The first-order chi connectivity index (χ1) is 7.72. The molecule has 1 aromatic carbocycles. The molecule has 0 saturated heterocycles.